The monoisotopic (exact) mass is 353 g/mol. The predicted molar refractivity (Wildman–Crippen MR) is 100 cm³/mol. The maximum absolute atomic E-state index is 12.6. The molecule has 0 radical (unpaired) electrons. The fraction of sp³-hybridized carbons (Fsp3) is 0.421. The zero-order valence-corrected chi connectivity index (χ0v) is 15.2. The predicted octanol–water partition coefficient (Wildman–Crippen LogP) is 1.99. The van der Waals surface area contributed by atoms with Gasteiger partial charge in [0.1, 0.15) is 11.1 Å². The Balaban J connectivity index is 1.96. The molecule has 1 fully saturated rings. The van der Waals surface area contributed by atoms with E-state index in [1.165, 1.54) is 5.56 Å². The van der Waals surface area contributed by atoms with Gasteiger partial charge < -0.3 is 10.0 Å². The second kappa shape index (κ2) is 6.25. The lowest BCUT2D eigenvalue weighted by Gasteiger charge is -2.19. The third kappa shape index (κ3) is 2.78. The van der Waals surface area contributed by atoms with Crippen LogP contribution in [0.15, 0.2) is 29.1 Å². The third-order valence-corrected chi connectivity index (χ3v) is 4.95. The maximum atomic E-state index is 12.6. The fourth-order valence-corrected chi connectivity index (χ4v) is 3.41. The van der Waals surface area contributed by atoms with Crippen molar-refractivity contribution in [2.45, 2.75) is 32.4 Å². The van der Waals surface area contributed by atoms with Crippen LogP contribution >= 0.6 is 0 Å². The lowest BCUT2D eigenvalue weighted by Crippen LogP contribution is -2.20. The molecule has 0 amide bonds. The minimum Gasteiger partial charge on any atom is -0.390 e. The largest absolute Gasteiger partial charge is 0.390 e. The molecule has 2 N–H and O–H groups in total. The first-order valence-electron chi connectivity index (χ1n) is 8.85. The van der Waals surface area contributed by atoms with Gasteiger partial charge in [-0.2, -0.15) is 10.1 Å². The fourth-order valence-electron chi connectivity index (χ4n) is 3.41. The van der Waals surface area contributed by atoms with Gasteiger partial charge in [-0.1, -0.05) is 29.8 Å². The molecule has 7 nitrogen and oxygen atoms in total. The highest BCUT2D eigenvalue weighted by molar-refractivity contribution is 5.78. The first-order chi connectivity index (χ1) is 12.5. The van der Waals surface area contributed by atoms with E-state index in [2.05, 4.69) is 46.3 Å². The lowest BCUT2D eigenvalue weighted by atomic mass is 10.0. The van der Waals surface area contributed by atoms with Gasteiger partial charge in [-0.05, 0) is 31.2 Å². The van der Waals surface area contributed by atoms with Crippen LogP contribution in [-0.4, -0.2) is 39.0 Å². The van der Waals surface area contributed by atoms with E-state index in [1.54, 1.807) is 4.90 Å². The minimum atomic E-state index is -0.291. The molecule has 1 saturated carbocycles. The highest BCUT2D eigenvalue weighted by atomic mass is 16.3. The molecule has 7 heteroatoms. The lowest BCUT2D eigenvalue weighted by molar-refractivity contribution is 0.275. The van der Waals surface area contributed by atoms with Crippen LogP contribution < -0.4 is 10.5 Å². The van der Waals surface area contributed by atoms with Crippen molar-refractivity contribution in [2.75, 3.05) is 19.0 Å². The van der Waals surface area contributed by atoms with Gasteiger partial charge >= 0.3 is 0 Å². The van der Waals surface area contributed by atoms with E-state index in [-0.39, 0.29) is 18.2 Å². The van der Waals surface area contributed by atoms with Crippen LogP contribution in [-0.2, 0) is 6.61 Å². The van der Waals surface area contributed by atoms with E-state index in [4.69, 9.17) is 0 Å². The molecule has 1 aliphatic carbocycles. The smallest absolute Gasteiger partial charge is 0.263 e. The van der Waals surface area contributed by atoms with Crippen LogP contribution in [0, 0.1) is 12.8 Å². The summed E-state index contributed by atoms with van der Waals surface area (Å²) in [6.45, 7) is 1.77. The number of aliphatic hydroxyl groups is 1. The molecule has 26 heavy (non-hydrogen) atoms. The van der Waals surface area contributed by atoms with E-state index in [0.717, 1.165) is 18.4 Å². The average Bonchev–Trinajstić information content (AvgIpc) is 3.38. The number of aromatic nitrogens is 4. The van der Waals surface area contributed by atoms with Gasteiger partial charge in [0, 0.05) is 14.1 Å². The van der Waals surface area contributed by atoms with E-state index >= 15 is 0 Å². The van der Waals surface area contributed by atoms with Crippen molar-refractivity contribution in [3.63, 3.8) is 0 Å². The summed E-state index contributed by atoms with van der Waals surface area (Å²) in [6, 6.07) is 8.43. The Bertz CT molecular complexity index is 999. The van der Waals surface area contributed by atoms with E-state index in [0.29, 0.717) is 28.6 Å². The molecule has 1 atom stereocenters. The summed E-state index contributed by atoms with van der Waals surface area (Å²) in [6.07, 6.45) is 2.25. The summed E-state index contributed by atoms with van der Waals surface area (Å²) >= 11 is 0. The number of rotatable bonds is 5. The van der Waals surface area contributed by atoms with Crippen LogP contribution in [0.5, 0.6) is 0 Å². The molecule has 1 aliphatic rings. The summed E-state index contributed by atoms with van der Waals surface area (Å²) in [7, 11) is 3.66. The topological polar surface area (TPSA) is 87.0 Å². The zero-order valence-electron chi connectivity index (χ0n) is 15.2. The second-order valence-electron chi connectivity index (χ2n) is 7.22. The Kier molecular flexibility index (Phi) is 4.03. The number of nitrogens with zero attached hydrogens (tertiary/aromatic N) is 4. The minimum absolute atomic E-state index is 0.0164. The summed E-state index contributed by atoms with van der Waals surface area (Å²) in [4.78, 5) is 21.8. The molecule has 2 aromatic heterocycles. The van der Waals surface area contributed by atoms with Crippen molar-refractivity contribution in [1.29, 1.82) is 0 Å². The molecule has 3 aromatic rings. The standard InChI is InChI=1S/C19H23N5O2/c1-11-4-6-12(7-5-11)16(13-8-9-13)24-17-15(14(10-25)22-24)18(26)21-19(20-17)23(2)3/h4-7,13,16,25H,8-10H2,1-3H3,(H,20,21,26). The van der Waals surface area contributed by atoms with Crippen molar-refractivity contribution in [3.8, 4) is 0 Å². The van der Waals surface area contributed by atoms with Gasteiger partial charge in [0.05, 0.1) is 12.6 Å². The van der Waals surface area contributed by atoms with Crippen molar-refractivity contribution >= 4 is 17.0 Å². The van der Waals surface area contributed by atoms with Crippen molar-refractivity contribution in [1.82, 2.24) is 19.7 Å². The normalized spacial score (nSPS) is 15.4. The van der Waals surface area contributed by atoms with Crippen molar-refractivity contribution in [2.24, 2.45) is 5.92 Å². The highest BCUT2D eigenvalue weighted by Gasteiger charge is 2.36. The van der Waals surface area contributed by atoms with Crippen LogP contribution in [0.2, 0.25) is 0 Å². The number of anilines is 1. The molecule has 0 saturated heterocycles. The molecule has 136 valence electrons. The van der Waals surface area contributed by atoms with E-state index in [1.807, 2.05) is 18.8 Å². The number of aryl methyl sites for hydroxylation is 1. The molecule has 1 aromatic carbocycles. The quantitative estimate of drug-likeness (QED) is 0.732. The Morgan fingerprint density at radius 2 is 2.00 bits per heavy atom. The van der Waals surface area contributed by atoms with Gasteiger partial charge in [-0.3, -0.25) is 9.78 Å². The number of hydrogen-bond donors (Lipinski definition) is 2. The number of nitrogens with one attached hydrogen (secondary N) is 1. The third-order valence-electron chi connectivity index (χ3n) is 4.95. The summed E-state index contributed by atoms with van der Waals surface area (Å²) in [5, 5.41) is 14.7. The molecule has 0 aliphatic heterocycles. The highest BCUT2D eigenvalue weighted by Crippen LogP contribution is 2.44. The van der Waals surface area contributed by atoms with Gasteiger partial charge in [0.2, 0.25) is 5.95 Å². The molecular weight excluding hydrogens is 330 g/mol. The summed E-state index contributed by atoms with van der Waals surface area (Å²) in [5.41, 5.74) is 2.98. The van der Waals surface area contributed by atoms with Gasteiger partial charge in [0.15, 0.2) is 5.65 Å². The van der Waals surface area contributed by atoms with Crippen LogP contribution in [0.4, 0.5) is 5.95 Å². The van der Waals surface area contributed by atoms with Crippen molar-refractivity contribution in [3.05, 3.63) is 51.4 Å². The zero-order chi connectivity index (χ0) is 18.4. The number of aromatic amines is 1. The SMILES string of the molecule is Cc1ccc(C(C2CC2)n2nc(CO)c3c(=O)[nH]c(N(C)C)nc32)cc1. The number of hydrogen-bond acceptors (Lipinski definition) is 5. The average molecular weight is 353 g/mol. The van der Waals surface area contributed by atoms with Gasteiger partial charge in [-0.25, -0.2) is 4.68 Å². The first kappa shape index (κ1) is 16.8. The molecule has 4 rings (SSSR count). The van der Waals surface area contributed by atoms with Crippen LogP contribution in [0.1, 0.15) is 35.7 Å². The Morgan fingerprint density at radius 3 is 2.58 bits per heavy atom. The first-order valence-corrected chi connectivity index (χ1v) is 8.85. The summed E-state index contributed by atoms with van der Waals surface area (Å²) < 4.78 is 1.84. The Morgan fingerprint density at radius 1 is 1.31 bits per heavy atom. The van der Waals surface area contributed by atoms with Gasteiger partial charge in [0.25, 0.3) is 5.56 Å². The Labute approximate surface area is 151 Å². The van der Waals surface area contributed by atoms with E-state index in [9.17, 15) is 9.90 Å². The molecule has 0 spiro atoms. The molecule has 1 unspecified atom stereocenters. The van der Waals surface area contributed by atoms with Crippen LogP contribution in [0.25, 0.3) is 11.0 Å². The summed E-state index contributed by atoms with van der Waals surface area (Å²) in [5.74, 6) is 0.947. The number of fused-ring (bicyclic) bond motifs is 1. The van der Waals surface area contributed by atoms with E-state index < -0.39 is 0 Å². The number of aliphatic hydroxyl groups excluding tert-OH is 1. The molecule has 2 heterocycles. The number of benzene rings is 1. The number of H-pyrrole nitrogens is 1. The Hall–Kier alpha value is -2.67. The maximum Gasteiger partial charge on any atom is 0.263 e. The van der Waals surface area contributed by atoms with Crippen molar-refractivity contribution < 1.29 is 5.11 Å². The molecule has 0 bridgehead atoms. The molecular formula is C19H23N5O2. The van der Waals surface area contributed by atoms with Gasteiger partial charge in [-0.15, -0.1) is 0 Å². The van der Waals surface area contributed by atoms with Crippen LogP contribution in [0.3, 0.4) is 0 Å². The second-order valence-corrected chi connectivity index (χ2v) is 7.22.